The number of hydrogen-bond donors (Lipinski definition) is 2. The molecule has 4 heteroatoms. The summed E-state index contributed by atoms with van der Waals surface area (Å²) in [6.45, 7) is 3.07. The predicted octanol–water partition coefficient (Wildman–Crippen LogP) is 1.41. The highest BCUT2D eigenvalue weighted by atomic mass is 16.5. The van der Waals surface area contributed by atoms with E-state index in [1.807, 2.05) is 25.1 Å². The summed E-state index contributed by atoms with van der Waals surface area (Å²) in [7, 11) is 0. The zero-order valence-electron chi connectivity index (χ0n) is 10.8. The van der Waals surface area contributed by atoms with Crippen LogP contribution in [0.25, 0.3) is 0 Å². The van der Waals surface area contributed by atoms with Crippen molar-refractivity contribution in [2.24, 2.45) is 5.73 Å². The van der Waals surface area contributed by atoms with Crippen molar-refractivity contribution in [2.45, 2.75) is 31.9 Å². The van der Waals surface area contributed by atoms with E-state index >= 15 is 0 Å². The summed E-state index contributed by atoms with van der Waals surface area (Å²) in [5.74, 6) is 0.790. The molecule has 100 valence electrons. The number of fused-ring (bicyclic) bond motifs is 1. The van der Waals surface area contributed by atoms with Crippen LogP contribution >= 0.6 is 0 Å². The molecule has 0 bridgehead atoms. The first-order valence-corrected chi connectivity index (χ1v) is 6.47. The highest BCUT2D eigenvalue weighted by Gasteiger charge is 2.19. The topological polar surface area (TPSA) is 64.7 Å². The van der Waals surface area contributed by atoms with Gasteiger partial charge in [0.05, 0.1) is 6.61 Å². The molecule has 3 N–H and O–H groups in total. The van der Waals surface area contributed by atoms with Gasteiger partial charge in [0.1, 0.15) is 18.5 Å². The highest BCUT2D eigenvalue weighted by molar-refractivity contribution is 5.40. The second-order valence-electron chi connectivity index (χ2n) is 4.63. The van der Waals surface area contributed by atoms with Crippen molar-refractivity contribution in [3.8, 4) is 5.75 Å². The Hall–Kier alpha value is -1.10. The normalized spacial score (nSPS) is 19.6. The van der Waals surface area contributed by atoms with E-state index in [0.29, 0.717) is 13.2 Å². The van der Waals surface area contributed by atoms with Crippen LogP contribution in [0.4, 0.5) is 0 Å². The molecular formula is C14H21NO3. The minimum atomic E-state index is -0.583. The Morgan fingerprint density at radius 2 is 2.28 bits per heavy atom. The van der Waals surface area contributed by atoms with Gasteiger partial charge in [0.15, 0.2) is 0 Å². The van der Waals surface area contributed by atoms with Gasteiger partial charge in [-0.3, -0.25) is 0 Å². The van der Waals surface area contributed by atoms with Crippen LogP contribution in [0, 0.1) is 0 Å². The molecule has 1 aliphatic rings. The molecule has 0 fully saturated rings. The van der Waals surface area contributed by atoms with Gasteiger partial charge in [-0.25, -0.2) is 0 Å². The Bertz CT molecular complexity index is 395. The van der Waals surface area contributed by atoms with Gasteiger partial charge in [0, 0.05) is 12.6 Å². The lowest BCUT2D eigenvalue weighted by Gasteiger charge is -2.13. The number of ether oxygens (including phenoxy) is 2. The molecular weight excluding hydrogens is 230 g/mol. The molecule has 18 heavy (non-hydrogen) atoms. The summed E-state index contributed by atoms with van der Waals surface area (Å²) in [5, 5.41) is 9.61. The van der Waals surface area contributed by atoms with E-state index in [0.717, 1.165) is 18.6 Å². The van der Waals surface area contributed by atoms with E-state index < -0.39 is 6.10 Å². The second kappa shape index (κ2) is 6.18. The molecule has 0 aromatic heterocycles. The predicted molar refractivity (Wildman–Crippen MR) is 69.7 cm³/mol. The third-order valence-electron chi connectivity index (χ3n) is 3.20. The standard InChI is InChI=1S/C14H21NO3/c1-2-17-8-11(16)9-18-12-4-5-13-10(7-12)3-6-14(13)15/h4-5,7,11,14,16H,2-3,6,8-9,15H2,1H3/t11?,14-/m0/s1. The Kier molecular flexibility index (Phi) is 4.58. The molecule has 0 heterocycles. The molecule has 4 nitrogen and oxygen atoms in total. The van der Waals surface area contributed by atoms with Gasteiger partial charge in [-0.1, -0.05) is 6.07 Å². The van der Waals surface area contributed by atoms with Gasteiger partial charge >= 0.3 is 0 Å². The summed E-state index contributed by atoms with van der Waals surface area (Å²) in [4.78, 5) is 0. The molecule has 0 saturated heterocycles. The third-order valence-corrected chi connectivity index (χ3v) is 3.20. The van der Waals surface area contributed by atoms with Crippen LogP contribution in [0.2, 0.25) is 0 Å². The number of rotatable bonds is 6. The van der Waals surface area contributed by atoms with Crippen molar-refractivity contribution >= 4 is 0 Å². The van der Waals surface area contributed by atoms with Crippen molar-refractivity contribution in [1.29, 1.82) is 0 Å². The fourth-order valence-corrected chi connectivity index (χ4v) is 2.21. The van der Waals surface area contributed by atoms with Crippen LogP contribution in [-0.2, 0) is 11.2 Å². The molecule has 0 aliphatic heterocycles. The summed E-state index contributed by atoms with van der Waals surface area (Å²) in [5.41, 5.74) is 8.46. The Balaban J connectivity index is 1.87. The molecule has 0 radical (unpaired) electrons. The molecule has 1 aromatic rings. The first-order valence-electron chi connectivity index (χ1n) is 6.47. The van der Waals surface area contributed by atoms with Crippen LogP contribution in [0.5, 0.6) is 5.75 Å². The lowest BCUT2D eigenvalue weighted by molar-refractivity contribution is 0.0164. The average molecular weight is 251 g/mol. The minimum absolute atomic E-state index is 0.164. The number of nitrogens with two attached hydrogens (primary N) is 1. The van der Waals surface area contributed by atoms with Crippen molar-refractivity contribution < 1.29 is 14.6 Å². The molecule has 0 amide bonds. The van der Waals surface area contributed by atoms with E-state index in [9.17, 15) is 5.11 Å². The summed E-state index contributed by atoms with van der Waals surface area (Å²) in [6.07, 6.45) is 1.43. The van der Waals surface area contributed by atoms with Gasteiger partial charge in [-0.2, -0.15) is 0 Å². The maximum Gasteiger partial charge on any atom is 0.119 e. The Labute approximate surface area is 108 Å². The smallest absolute Gasteiger partial charge is 0.119 e. The van der Waals surface area contributed by atoms with Crippen molar-refractivity contribution in [3.05, 3.63) is 29.3 Å². The van der Waals surface area contributed by atoms with Crippen LogP contribution in [0.1, 0.15) is 30.5 Å². The number of benzene rings is 1. The second-order valence-corrected chi connectivity index (χ2v) is 4.63. The summed E-state index contributed by atoms with van der Waals surface area (Å²) < 4.78 is 10.7. The molecule has 1 aliphatic carbocycles. The maximum absolute atomic E-state index is 9.61. The molecule has 0 spiro atoms. The van der Waals surface area contributed by atoms with Gasteiger partial charge < -0.3 is 20.3 Å². The van der Waals surface area contributed by atoms with Gasteiger partial charge in [0.2, 0.25) is 0 Å². The fourth-order valence-electron chi connectivity index (χ4n) is 2.21. The van der Waals surface area contributed by atoms with Gasteiger partial charge in [-0.05, 0) is 43.0 Å². The molecule has 1 aromatic carbocycles. The zero-order chi connectivity index (χ0) is 13.0. The van der Waals surface area contributed by atoms with E-state index in [2.05, 4.69) is 0 Å². The van der Waals surface area contributed by atoms with Crippen LogP contribution in [0.3, 0.4) is 0 Å². The van der Waals surface area contributed by atoms with E-state index in [1.165, 1.54) is 11.1 Å². The van der Waals surface area contributed by atoms with Crippen LogP contribution in [-0.4, -0.2) is 31.0 Å². The van der Waals surface area contributed by atoms with Gasteiger partial charge in [-0.15, -0.1) is 0 Å². The molecule has 0 saturated carbocycles. The van der Waals surface area contributed by atoms with Crippen molar-refractivity contribution in [1.82, 2.24) is 0 Å². The lowest BCUT2D eigenvalue weighted by Crippen LogP contribution is -2.23. The quantitative estimate of drug-likeness (QED) is 0.802. The first kappa shape index (κ1) is 13.3. The first-order chi connectivity index (χ1) is 8.70. The van der Waals surface area contributed by atoms with Gasteiger partial charge in [0.25, 0.3) is 0 Å². The maximum atomic E-state index is 9.61. The zero-order valence-corrected chi connectivity index (χ0v) is 10.8. The number of hydrogen-bond acceptors (Lipinski definition) is 4. The molecule has 2 atom stereocenters. The van der Waals surface area contributed by atoms with E-state index in [4.69, 9.17) is 15.2 Å². The van der Waals surface area contributed by atoms with E-state index in [1.54, 1.807) is 0 Å². The Morgan fingerprint density at radius 1 is 1.44 bits per heavy atom. The average Bonchev–Trinajstić information content (AvgIpc) is 2.75. The molecule has 2 rings (SSSR count). The largest absolute Gasteiger partial charge is 0.491 e. The summed E-state index contributed by atoms with van der Waals surface area (Å²) >= 11 is 0. The SMILES string of the molecule is CCOCC(O)COc1ccc2c(c1)CC[C@@H]2N. The third kappa shape index (κ3) is 3.22. The highest BCUT2D eigenvalue weighted by Crippen LogP contribution is 2.31. The Morgan fingerprint density at radius 3 is 3.06 bits per heavy atom. The monoisotopic (exact) mass is 251 g/mol. The number of aliphatic hydroxyl groups excluding tert-OH is 1. The van der Waals surface area contributed by atoms with Crippen LogP contribution < -0.4 is 10.5 Å². The molecule has 1 unspecified atom stereocenters. The van der Waals surface area contributed by atoms with Crippen molar-refractivity contribution in [3.63, 3.8) is 0 Å². The fraction of sp³-hybridized carbons (Fsp3) is 0.571. The number of aryl methyl sites for hydroxylation is 1. The summed E-state index contributed by atoms with van der Waals surface area (Å²) in [6, 6.07) is 6.13. The lowest BCUT2D eigenvalue weighted by atomic mass is 10.1. The minimum Gasteiger partial charge on any atom is -0.491 e. The van der Waals surface area contributed by atoms with E-state index in [-0.39, 0.29) is 12.6 Å². The van der Waals surface area contributed by atoms with Crippen molar-refractivity contribution in [2.75, 3.05) is 19.8 Å². The van der Waals surface area contributed by atoms with Crippen LogP contribution in [0.15, 0.2) is 18.2 Å². The number of aliphatic hydroxyl groups is 1.